The van der Waals surface area contributed by atoms with Crippen LogP contribution in [0.25, 0.3) is 0 Å². The number of aromatic carboxylic acids is 1. The highest BCUT2D eigenvalue weighted by atomic mass is 19.1. The predicted octanol–water partition coefficient (Wildman–Crippen LogP) is 2.47. The van der Waals surface area contributed by atoms with Crippen LogP contribution < -0.4 is 4.74 Å². The van der Waals surface area contributed by atoms with E-state index < -0.39 is 11.8 Å². The van der Waals surface area contributed by atoms with Crippen LogP contribution in [0, 0.1) is 5.82 Å². The third-order valence-electron chi connectivity index (χ3n) is 2.92. The number of hydrogen-bond acceptors (Lipinski definition) is 3. The molecular formula is C13H15FO4. The van der Waals surface area contributed by atoms with E-state index in [0.29, 0.717) is 0 Å². The maximum absolute atomic E-state index is 13.1. The van der Waals surface area contributed by atoms with E-state index in [0.717, 1.165) is 25.0 Å². The fourth-order valence-corrected chi connectivity index (χ4v) is 1.98. The number of carboxylic acids is 1. The van der Waals surface area contributed by atoms with Gasteiger partial charge in [-0.2, -0.15) is 0 Å². The quantitative estimate of drug-likeness (QED) is 0.896. The Morgan fingerprint density at radius 1 is 1.56 bits per heavy atom. The van der Waals surface area contributed by atoms with E-state index >= 15 is 0 Å². The molecule has 0 saturated carbocycles. The van der Waals surface area contributed by atoms with Gasteiger partial charge in [0, 0.05) is 6.07 Å². The van der Waals surface area contributed by atoms with Crippen LogP contribution in [0.4, 0.5) is 4.39 Å². The minimum atomic E-state index is -1.13. The number of benzene rings is 1. The molecule has 0 spiro atoms. The number of halogens is 1. The first kappa shape index (κ1) is 12.8. The van der Waals surface area contributed by atoms with Crippen molar-refractivity contribution in [3.63, 3.8) is 0 Å². The van der Waals surface area contributed by atoms with Crippen molar-refractivity contribution in [1.29, 1.82) is 0 Å². The first-order valence-corrected chi connectivity index (χ1v) is 5.87. The highest BCUT2D eigenvalue weighted by Gasteiger charge is 2.23. The van der Waals surface area contributed by atoms with Crippen LogP contribution in [0.5, 0.6) is 5.75 Å². The molecule has 0 aliphatic carbocycles. The Balaban J connectivity index is 2.04. The monoisotopic (exact) mass is 254 g/mol. The Morgan fingerprint density at radius 2 is 2.33 bits per heavy atom. The predicted molar refractivity (Wildman–Crippen MR) is 62.4 cm³/mol. The number of rotatable bonds is 4. The molecule has 2 unspecified atom stereocenters. The molecule has 1 aromatic rings. The molecule has 4 nitrogen and oxygen atoms in total. The first-order chi connectivity index (χ1) is 8.56. The maximum atomic E-state index is 13.1. The average molecular weight is 254 g/mol. The van der Waals surface area contributed by atoms with Crippen LogP contribution in [0.1, 0.15) is 30.1 Å². The van der Waals surface area contributed by atoms with E-state index in [1.165, 1.54) is 6.07 Å². The fourth-order valence-electron chi connectivity index (χ4n) is 1.98. The third-order valence-corrected chi connectivity index (χ3v) is 2.92. The van der Waals surface area contributed by atoms with Gasteiger partial charge in [-0.05, 0) is 31.9 Å². The molecule has 0 bridgehead atoms. The molecule has 98 valence electrons. The van der Waals surface area contributed by atoms with Gasteiger partial charge in [0.15, 0.2) is 0 Å². The zero-order chi connectivity index (χ0) is 13.1. The van der Waals surface area contributed by atoms with Crippen LogP contribution in [0.15, 0.2) is 18.2 Å². The second-order valence-electron chi connectivity index (χ2n) is 4.40. The number of ether oxygens (including phenoxy) is 2. The summed E-state index contributed by atoms with van der Waals surface area (Å²) < 4.78 is 24.0. The normalized spacial score (nSPS) is 23.0. The summed E-state index contributed by atoms with van der Waals surface area (Å²) in [6.07, 6.45) is 1.98. The van der Waals surface area contributed by atoms with E-state index in [4.69, 9.17) is 14.6 Å². The molecule has 1 aliphatic rings. The summed E-state index contributed by atoms with van der Waals surface area (Å²) in [4.78, 5) is 10.9. The molecule has 2 atom stereocenters. The van der Waals surface area contributed by atoms with Gasteiger partial charge in [-0.25, -0.2) is 9.18 Å². The maximum Gasteiger partial charge on any atom is 0.339 e. The van der Waals surface area contributed by atoms with Crippen LogP contribution >= 0.6 is 0 Å². The molecule has 1 aromatic carbocycles. The summed E-state index contributed by atoms with van der Waals surface area (Å²) in [6.45, 7) is 2.22. The van der Waals surface area contributed by atoms with Gasteiger partial charge in [-0.3, -0.25) is 0 Å². The summed E-state index contributed by atoms with van der Waals surface area (Å²) in [5, 5.41) is 8.96. The second-order valence-corrected chi connectivity index (χ2v) is 4.40. The van der Waals surface area contributed by atoms with Crippen molar-refractivity contribution in [3.8, 4) is 5.75 Å². The lowest BCUT2D eigenvalue weighted by atomic mass is 10.2. The highest BCUT2D eigenvalue weighted by molar-refractivity contribution is 5.90. The summed E-state index contributed by atoms with van der Waals surface area (Å²) in [5.41, 5.74) is -0.0394. The van der Waals surface area contributed by atoms with Gasteiger partial charge in [0.05, 0.1) is 12.2 Å². The van der Waals surface area contributed by atoms with E-state index in [-0.39, 0.29) is 30.1 Å². The third kappa shape index (κ3) is 2.98. The summed E-state index contributed by atoms with van der Waals surface area (Å²) >= 11 is 0. The van der Waals surface area contributed by atoms with Crippen molar-refractivity contribution in [1.82, 2.24) is 0 Å². The topological polar surface area (TPSA) is 55.8 Å². The lowest BCUT2D eigenvalue weighted by molar-refractivity contribution is 0.0258. The lowest BCUT2D eigenvalue weighted by Crippen LogP contribution is -2.19. The second kappa shape index (κ2) is 5.35. The SMILES string of the molecule is CC1CCC(COc2cc(F)ccc2C(=O)O)O1. The summed E-state index contributed by atoms with van der Waals surface area (Å²) in [5.74, 6) is -1.60. The molecule has 0 radical (unpaired) electrons. The first-order valence-electron chi connectivity index (χ1n) is 5.87. The van der Waals surface area contributed by atoms with Crippen molar-refractivity contribution in [2.24, 2.45) is 0 Å². The summed E-state index contributed by atoms with van der Waals surface area (Å²) in [6, 6.07) is 3.39. The zero-order valence-corrected chi connectivity index (χ0v) is 10.1. The fraction of sp³-hybridized carbons (Fsp3) is 0.462. The van der Waals surface area contributed by atoms with Crippen molar-refractivity contribution < 1.29 is 23.8 Å². The number of carboxylic acid groups (broad SMARTS) is 1. The minimum absolute atomic E-state index is 0.0394. The van der Waals surface area contributed by atoms with Crippen molar-refractivity contribution in [2.75, 3.05) is 6.61 Å². The van der Waals surface area contributed by atoms with Crippen LogP contribution in [-0.2, 0) is 4.74 Å². The van der Waals surface area contributed by atoms with E-state index in [1.807, 2.05) is 6.92 Å². The van der Waals surface area contributed by atoms with Crippen molar-refractivity contribution >= 4 is 5.97 Å². The van der Waals surface area contributed by atoms with Gasteiger partial charge in [-0.1, -0.05) is 0 Å². The molecule has 2 rings (SSSR count). The highest BCUT2D eigenvalue weighted by Crippen LogP contribution is 2.23. The minimum Gasteiger partial charge on any atom is -0.490 e. The van der Waals surface area contributed by atoms with E-state index in [2.05, 4.69) is 0 Å². The Morgan fingerprint density at radius 3 is 2.94 bits per heavy atom. The van der Waals surface area contributed by atoms with Crippen molar-refractivity contribution in [3.05, 3.63) is 29.6 Å². The Kier molecular flexibility index (Phi) is 3.81. The lowest BCUT2D eigenvalue weighted by Gasteiger charge is -2.14. The van der Waals surface area contributed by atoms with Gasteiger partial charge < -0.3 is 14.6 Å². The Labute approximate surface area is 104 Å². The summed E-state index contributed by atoms with van der Waals surface area (Å²) in [7, 11) is 0. The zero-order valence-electron chi connectivity index (χ0n) is 10.1. The van der Waals surface area contributed by atoms with Gasteiger partial charge in [0.25, 0.3) is 0 Å². The largest absolute Gasteiger partial charge is 0.490 e. The standard InChI is InChI=1S/C13H15FO4/c1-8-2-4-10(18-8)7-17-12-6-9(14)3-5-11(12)13(15)16/h3,5-6,8,10H,2,4,7H2,1H3,(H,15,16). The van der Waals surface area contributed by atoms with E-state index in [9.17, 15) is 9.18 Å². The van der Waals surface area contributed by atoms with Gasteiger partial charge in [0.2, 0.25) is 0 Å². The molecule has 1 N–H and O–H groups in total. The van der Waals surface area contributed by atoms with Crippen LogP contribution in [0.3, 0.4) is 0 Å². The van der Waals surface area contributed by atoms with E-state index in [1.54, 1.807) is 0 Å². The molecule has 1 fully saturated rings. The Bertz CT molecular complexity index is 447. The Hall–Kier alpha value is -1.62. The molecule has 5 heteroatoms. The molecule has 1 aliphatic heterocycles. The molecule has 18 heavy (non-hydrogen) atoms. The smallest absolute Gasteiger partial charge is 0.339 e. The molecule has 1 saturated heterocycles. The van der Waals surface area contributed by atoms with Crippen molar-refractivity contribution in [2.45, 2.75) is 32.0 Å². The van der Waals surface area contributed by atoms with Gasteiger partial charge in [-0.15, -0.1) is 0 Å². The molecule has 0 aromatic heterocycles. The van der Waals surface area contributed by atoms with Gasteiger partial charge in [0.1, 0.15) is 23.7 Å². The van der Waals surface area contributed by atoms with Gasteiger partial charge >= 0.3 is 5.97 Å². The number of carbonyl (C=O) groups is 1. The van der Waals surface area contributed by atoms with Crippen LogP contribution in [0.2, 0.25) is 0 Å². The molecular weight excluding hydrogens is 239 g/mol. The molecule has 1 heterocycles. The van der Waals surface area contributed by atoms with Crippen LogP contribution in [-0.4, -0.2) is 29.9 Å². The number of hydrogen-bond donors (Lipinski definition) is 1. The molecule has 0 amide bonds. The average Bonchev–Trinajstić information content (AvgIpc) is 2.72.